The van der Waals surface area contributed by atoms with E-state index < -0.39 is 20.0 Å². The summed E-state index contributed by atoms with van der Waals surface area (Å²) in [6.07, 6.45) is 1.22. The predicted octanol–water partition coefficient (Wildman–Crippen LogP) is 1.18. The van der Waals surface area contributed by atoms with E-state index in [0.717, 1.165) is 6.07 Å². The molecule has 1 aromatic heterocycles. The van der Waals surface area contributed by atoms with Gasteiger partial charge in [0, 0.05) is 6.20 Å². The van der Waals surface area contributed by atoms with Crippen molar-refractivity contribution < 1.29 is 16.8 Å². The molecule has 0 amide bonds. The monoisotopic (exact) mass is 347 g/mol. The van der Waals surface area contributed by atoms with Gasteiger partial charge in [0.1, 0.15) is 10.0 Å². The molecule has 0 fully saturated rings. The van der Waals surface area contributed by atoms with Gasteiger partial charge in [0.2, 0.25) is 10.0 Å². The van der Waals surface area contributed by atoms with Crippen molar-refractivity contribution >= 4 is 37.3 Å². The molecule has 2 aromatic rings. The first-order chi connectivity index (χ1) is 9.70. The number of hydrogen-bond donors (Lipinski definition) is 2. The van der Waals surface area contributed by atoms with Crippen LogP contribution in [0.4, 0.5) is 5.69 Å². The molecule has 0 saturated heterocycles. The molecule has 0 aliphatic heterocycles. The fourth-order valence-electron chi connectivity index (χ4n) is 1.55. The molecule has 1 heterocycles. The quantitative estimate of drug-likeness (QED) is 0.805. The summed E-state index contributed by atoms with van der Waals surface area (Å²) in [5.74, 6) is 0. The summed E-state index contributed by atoms with van der Waals surface area (Å²) < 4.78 is 49.4. The second-order valence-corrected chi connectivity index (χ2v) is 7.56. The zero-order valence-electron chi connectivity index (χ0n) is 10.4. The van der Waals surface area contributed by atoms with E-state index >= 15 is 0 Å². The smallest absolute Gasteiger partial charge is 0.262 e. The van der Waals surface area contributed by atoms with E-state index in [1.165, 1.54) is 36.5 Å². The molecule has 0 spiro atoms. The Balaban J connectivity index is 2.48. The average molecular weight is 348 g/mol. The first-order valence-electron chi connectivity index (χ1n) is 5.46. The summed E-state index contributed by atoms with van der Waals surface area (Å²) in [6, 6.07) is 7.77. The molecule has 0 saturated carbocycles. The lowest BCUT2D eigenvalue weighted by Crippen LogP contribution is -2.18. The highest BCUT2D eigenvalue weighted by molar-refractivity contribution is 7.93. The minimum atomic E-state index is -4.06. The second-order valence-electron chi connectivity index (χ2n) is 3.96. The molecular weight excluding hydrogens is 338 g/mol. The third kappa shape index (κ3) is 3.70. The van der Waals surface area contributed by atoms with Gasteiger partial charge in [-0.25, -0.2) is 27.0 Å². The molecule has 112 valence electrons. The first kappa shape index (κ1) is 15.7. The van der Waals surface area contributed by atoms with E-state index in [1.54, 1.807) is 0 Å². The minimum absolute atomic E-state index is 0.00222. The molecule has 1 aromatic carbocycles. The van der Waals surface area contributed by atoms with Crippen LogP contribution in [0.3, 0.4) is 0 Å². The topological polar surface area (TPSA) is 119 Å². The Hall–Kier alpha value is -1.68. The summed E-state index contributed by atoms with van der Waals surface area (Å²) in [5.41, 5.74) is -0.145. The van der Waals surface area contributed by atoms with Gasteiger partial charge in [-0.05, 0) is 24.3 Å². The van der Waals surface area contributed by atoms with Crippen molar-refractivity contribution in [1.82, 2.24) is 4.98 Å². The van der Waals surface area contributed by atoms with Gasteiger partial charge in [-0.3, -0.25) is 4.72 Å². The Labute approximate surface area is 126 Å². The van der Waals surface area contributed by atoms with E-state index in [9.17, 15) is 16.8 Å². The minimum Gasteiger partial charge on any atom is -0.278 e. The Morgan fingerprint density at radius 2 is 1.76 bits per heavy atom. The van der Waals surface area contributed by atoms with E-state index in [0.29, 0.717) is 0 Å². The van der Waals surface area contributed by atoms with Crippen molar-refractivity contribution in [3.05, 3.63) is 47.7 Å². The van der Waals surface area contributed by atoms with Crippen LogP contribution in [0.5, 0.6) is 0 Å². The van der Waals surface area contributed by atoms with Gasteiger partial charge >= 0.3 is 0 Å². The van der Waals surface area contributed by atoms with Crippen LogP contribution >= 0.6 is 11.6 Å². The number of nitrogens with zero attached hydrogens (tertiary/aromatic N) is 1. The number of primary sulfonamides is 1. The lowest BCUT2D eigenvalue weighted by Gasteiger charge is -2.11. The maximum Gasteiger partial charge on any atom is 0.262 e. The summed E-state index contributed by atoms with van der Waals surface area (Å²) >= 11 is 5.64. The van der Waals surface area contributed by atoms with Crippen molar-refractivity contribution in [3.63, 3.8) is 0 Å². The fourth-order valence-corrected chi connectivity index (χ4v) is 3.64. The van der Waals surface area contributed by atoms with Crippen molar-refractivity contribution in [1.29, 1.82) is 0 Å². The molecule has 0 radical (unpaired) electrons. The number of nitrogens with two attached hydrogens (primary N) is 1. The highest BCUT2D eigenvalue weighted by Gasteiger charge is 2.20. The summed E-state index contributed by atoms with van der Waals surface area (Å²) in [4.78, 5) is 3.20. The number of hydrogen-bond acceptors (Lipinski definition) is 5. The lowest BCUT2D eigenvalue weighted by atomic mass is 10.3. The first-order valence-corrected chi connectivity index (χ1v) is 8.87. The summed E-state index contributed by atoms with van der Waals surface area (Å²) in [5, 5.41) is 5.04. The van der Waals surface area contributed by atoms with Crippen LogP contribution in [-0.4, -0.2) is 21.8 Å². The lowest BCUT2D eigenvalue weighted by molar-refractivity contribution is 0.598. The molecule has 7 nitrogen and oxygen atoms in total. The number of rotatable bonds is 4. The van der Waals surface area contributed by atoms with Crippen molar-refractivity contribution in [3.8, 4) is 0 Å². The fraction of sp³-hybridized carbons (Fsp3) is 0. The molecule has 0 bridgehead atoms. The number of benzene rings is 1. The van der Waals surface area contributed by atoms with Gasteiger partial charge < -0.3 is 0 Å². The van der Waals surface area contributed by atoms with Gasteiger partial charge in [-0.15, -0.1) is 0 Å². The van der Waals surface area contributed by atoms with Gasteiger partial charge in [-0.2, -0.15) is 0 Å². The number of anilines is 1. The van der Waals surface area contributed by atoms with Crippen LogP contribution in [0.15, 0.2) is 52.4 Å². The summed E-state index contributed by atoms with van der Waals surface area (Å²) in [6.45, 7) is 0. The standard InChI is InChI=1S/C11H10ClN3O4S2/c12-11-7-8(5-6-14-11)21(18,19)15-9-3-1-2-4-10(9)20(13,16)17/h1-7,15H,(H2,13,16,17). The Morgan fingerprint density at radius 1 is 1.10 bits per heavy atom. The van der Waals surface area contributed by atoms with E-state index in [-0.39, 0.29) is 20.6 Å². The molecule has 0 aliphatic carbocycles. The zero-order chi connectivity index (χ0) is 15.7. The molecule has 21 heavy (non-hydrogen) atoms. The number of sulfonamides is 2. The molecular formula is C11H10ClN3O4S2. The zero-order valence-corrected chi connectivity index (χ0v) is 12.8. The van der Waals surface area contributed by atoms with Gasteiger partial charge in [-0.1, -0.05) is 23.7 Å². The summed E-state index contributed by atoms with van der Waals surface area (Å²) in [7, 11) is -8.07. The van der Waals surface area contributed by atoms with E-state index in [1.807, 2.05) is 0 Å². The SMILES string of the molecule is NS(=O)(=O)c1ccccc1NS(=O)(=O)c1ccnc(Cl)c1. The number of pyridine rings is 1. The second kappa shape index (κ2) is 5.60. The third-order valence-corrected chi connectivity index (χ3v) is 4.99. The van der Waals surface area contributed by atoms with Crippen LogP contribution < -0.4 is 9.86 Å². The van der Waals surface area contributed by atoms with E-state index in [4.69, 9.17) is 16.7 Å². The van der Waals surface area contributed by atoms with Gasteiger partial charge in [0.15, 0.2) is 0 Å². The molecule has 3 N–H and O–H groups in total. The maximum absolute atomic E-state index is 12.2. The Morgan fingerprint density at radius 3 is 2.38 bits per heavy atom. The highest BCUT2D eigenvalue weighted by atomic mass is 35.5. The maximum atomic E-state index is 12.2. The Bertz CT molecular complexity index is 882. The molecule has 0 atom stereocenters. The van der Waals surface area contributed by atoms with Crippen LogP contribution in [0.25, 0.3) is 0 Å². The molecule has 2 rings (SSSR count). The number of aromatic nitrogens is 1. The van der Waals surface area contributed by atoms with Crippen LogP contribution in [-0.2, 0) is 20.0 Å². The largest absolute Gasteiger partial charge is 0.278 e. The van der Waals surface area contributed by atoms with Crippen molar-refractivity contribution in [2.24, 2.45) is 5.14 Å². The van der Waals surface area contributed by atoms with Crippen LogP contribution in [0.1, 0.15) is 0 Å². The highest BCUT2D eigenvalue weighted by Crippen LogP contribution is 2.23. The van der Waals surface area contributed by atoms with Crippen molar-refractivity contribution in [2.75, 3.05) is 4.72 Å². The number of nitrogens with one attached hydrogen (secondary N) is 1. The van der Waals surface area contributed by atoms with E-state index in [2.05, 4.69) is 9.71 Å². The van der Waals surface area contributed by atoms with Crippen LogP contribution in [0.2, 0.25) is 5.15 Å². The normalized spacial score (nSPS) is 12.1. The molecule has 0 unspecified atom stereocenters. The predicted molar refractivity (Wildman–Crippen MR) is 77.9 cm³/mol. The Kier molecular flexibility index (Phi) is 4.19. The molecule has 10 heteroatoms. The number of para-hydroxylation sites is 1. The van der Waals surface area contributed by atoms with Crippen molar-refractivity contribution in [2.45, 2.75) is 9.79 Å². The molecule has 0 aliphatic rings. The van der Waals surface area contributed by atoms with Gasteiger partial charge in [0.05, 0.1) is 10.6 Å². The van der Waals surface area contributed by atoms with Gasteiger partial charge in [0.25, 0.3) is 10.0 Å². The number of halogens is 1. The third-order valence-electron chi connectivity index (χ3n) is 2.45. The average Bonchev–Trinajstić information content (AvgIpc) is 2.37. The van der Waals surface area contributed by atoms with Crippen LogP contribution in [0, 0.1) is 0 Å².